The monoisotopic (exact) mass is 388 g/mol. The molecule has 0 fully saturated rings. The SMILES string of the molecule is COC(=O)[C@H](Cc1ccccc1)NS(=O)(=O)c1ccc2c(c1)CCC(=O)N2. The molecule has 7 nitrogen and oxygen atoms in total. The van der Waals surface area contributed by atoms with Gasteiger partial charge in [-0.15, -0.1) is 0 Å². The fourth-order valence-electron chi connectivity index (χ4n) is 2.95. The van der Waals surface area contributed by atoms with Crippen LogP contribution < -0.4 is 10.0 Å². The molecule has 1 amide bonds. The smallest absolute Gasteiger partial charge is 0.324 e. The van der Waals surface area contributed by atoms with E-state index in [1.54, 1.807) is 6.07 Å². The van der Waals surface area contributed by atoms with Crippen molar-refractivity contribution in [2.45, 2.75) is 30.2 Å². The number of anilines is 1. The molecule has 8 heteroatoms. The summed E-state index contributed by atoms with van der Waals surface area (Å²) in [6.45, 7) is 0. The standard InChI is InChI=1S/C19H20N2O5S/c1-26-19(23)17(11-13-5-3-2-4-6-13)21-27(24,25)15-8-9-16-14(12-15)7-10-18(22)20-16/h2-6,8-9,12,17,21H,7,10-11H2,1H3,(H,20,22)/t17-/m0/s1. The van der Waals surface area contributed by atoms with E-state index in [2.05, 4.69) is 10.0 Å². The van der Waals surface area contributed by atoms with Crippen molar-refractivity contribution < 1.29 is 22.7 Å². The molecule has 0 unspecified atom stereocenters. The Balaban J connectivity index is 1.84. The quantitative estimate of drug-likeness (QED) is 0.733. The first-order valence-corrected chi connectivity index (χ1v) is 9.94. The maximum absolute atomic E-state index is 12.8. The molecule has 0 spiro atoms. The lowest BCUT2D eigenvalue weighted by Crippen LogP contribution is -2.43. The number of carbonyl (C=O) groups is 2. The summed E-state index contributed by atoms with van der Waals surface area (Å²) < 4.78 is 32.8. The number of amides is 1. The molecule has 142 valence electrons. The summed E-state index contributed by atoms with van der Waals surface area (Å²) in [4.78, 5) is 23.6. The molecule has 2 N–H and O–H groups in total. The van der Waals surface area contributed by atoms with Crippen LogP contribution in [0, 0.1) is 0 Å². The maximum atomic E-state index is 12.8. The van der Waals surface area contributed by atoms with Crippen molar-refractivity contribution in [1.29, 1.82) is 0 Å². The molecule has 1 heterocycles. The number of rotatable bonds is 6. The molecule has 2 aromatic rings. The molecule has 0 saturated heterocycles. The number of ether oxygens (including phenoxy) is 1. The van der Waals surface area contributed by atoms with Gasteiger partial charge in [0.25, 0.3) is 0 Å². The zero-order valence-corrected chi connectivity index (χ0v) is 15.6. The van der Waals surface area contributed by atoms with Crippen LogP contribution in [0.1, 0.15) is 17.5 Å². The number of sulfonamides is 1. The Kier molecular flexibility index (Phi) is 5.57. The van der Waals surface area contributed by atoms with Gasteiger partial charge in [-0.3, -0.25) is 9.59 Å². The number of nitrogens with one attached hydrogen (secondary N) is 2. The van der Waals surface area contributed by atoms with Gasteiger partial charge in [-0.25, -0.2) is 8.42 Å². The first kappa shape index (κ1) is 19.1. The van der Waals surface area contributed by atoms with Crippen LogP contribution in [0.25, 0.3) is 0 Å². The lowest BCUT2D eigenvalue weighted by molar-refractivity contribution is -0.142. The van der Waals surface area contributed by atoms with Gasteiger partial charge >= 0.3 is 5.97 Å². The predicted molar refractivity (Wildman–Crippen MR) is 99.7 cm³/mol. The van der Waals surface area contributed by atoms with Crippen LogP contribution in [0.3, 0.4) is 0 Å². The molecule has 0 saturated carbocycles. The van der Waals surface area contributed by atoms with Gasteiger partial charge in [-0.05, 0) is 42.2 Å². The minimum atomic E-state index is -3.95. The summed E-state index contributed by atoms with van der Waals surface area (Å²) in [5, 5.41) is 2.71. The molecular weight excluding hydrogens is 368 g/mol. The van der Waals surface area contributed by atoms with Gasteiger partial charge in [0.15, 0.2) is 0 Å². The highest BCUT2D eigenvalue weighted by molar-refractivity contribution is 7.89. The first-order chi connectivity index (χ1) is 12.9. The second kappa shape index (κ2) is 7.89. The maximum Gasteiger partial charge on any atom is 0.324 e. The number of methoxy groups -OCH3 is 1. The number of benzene rings is 2. The van der Waals surface area contributed by atoms with E-state index >= 15 is 0 Å². The van der Waals surface area contributed by atoms with E-state index in [0.717, 1.165) is 11.1 Å². The van der Waals surface area contributed by atoms with Gasteiger partial charge in [0.05, 0.1) is 12.0 Å². The average molecular weight is 388 g/mol. The van der Waals surface area contributed by atoms with E-state index in [1.165, 1.54) is 19.2 Å². The largest absolute Gasteiger partial charge is 0.468 e. The summed E-state index contributed by atoms with van der Waals surface area (Å²) in [5.41, 5.74) is 2.16. The van der Waals surface area contributed by atoms with Crippen molar-refractivity contribution in [2.75, 3.05) is 12.4 Å². The van der Waals surface area contributed by atoms with Crippen molar-refractivity contribution in [1.82, 2.24) is 4.72 Å². The molecule has 27 heavy (non-hydrogen) atoms. The Morgan fingerprint density at radius 2 is 1.93 bits per heavy atom. The molecule has 0 bridgehead atoms. The summed E-state index contributed by atoms with van der Waals surface area (Å²) in [6.07, 6.45) is 0.950. The fourth-order valence-corrected chi connectivity index (χ4v) is 4.18. The molecule has 1 atom stereocenters. The molecular formula is C19H20N2O5S. The van der Waals surface area contributed by atoms with Gasteiger partial charge in [-0.2, -0.15) is 4.72 Å². The summed E-state index contributed by atoms with van der Waals surface area (Å²) in [7, 11) is -2.73. The van der Waals surface area contributed by atoms with Gasteiger partial charge in [0.2, 0.25) is 15.9 Å². The lowest BCUT2D eigenvalue weighted by atomic mass is 10.0. The molecule has 1 aliphatic rings. The normalized spacial score (nSPS) is 14.8. The van der Waals surface area contributed by atoms with E-state index in [4.69, 9.17) is 4.74 Å². The number of fused-ring (bicyclic) bond motifs is 1. The second-order valence-corrected chi connectivity index (χ2v) is 7.97. The summed E-state index contributed by atoms with van der Waals surface area (Å²) in [6, 6.07) is 12.5. The number of aryl methyl sites for hydroxylation is 1. The van der Waals surface area contributed by atoms with E-state index in [9.17, 15) is 18.0 Å². The minimum absolute atomic E-state index is 0.0411. The molecule has 2 aromatic carbocycles. The summed E-state index contributed by atoms with van der Waals surface area (Å²) in [5.74, 6) is -0.752. The Labute approximate surface area is 157 Å². The van der Waals surface area contributed by atoms with Crippen molar-refractivity contribution in [3.63, 3.8) is 0 Å². The topological polar surface area (TPSA) is 102 Å². The third-order valence-corrected chi connectivity index (χ3v) is 5.82. The highest BCUT2D eigenvalue weighted by Crippen LogP contribution is 2.25. The zero-order valence-electron chi connectivity index (χ0n) is 14.8. The van der Waals surface area contributed by atoms with Crippen LogP contribution in [0.5, 0.6) is 0 Å². The second-order valence-electron chi connectivity index (χ2n) is 6.25. The van der Waals surface area contributed by atoms with E-state index in [1.807, 2.05) is 30.3 Å². The lowest BCUT2D eigenvalue weighted by Gasteiger charge is -2.19. The first-order valence-electron chi connectivity index (χ1n) is 8.46. The van der Waals surface area contributed by atoms with Gasteiger partial charge < -0.3 is 10.1 Å². The third-order valence-electron chi connectivity index (χ3n) is 4.35. The highest BCUT2D eigenvalue weighted by atomic mass is 32.2. The fraction of sp³-hybridized carbons (Fsp3) is 0.263. The minimum Gasteiger partial charge on any atom is -0.468 e. The van der Waals surface area contributed by atoms with Crippen molar-refractivity contribution in [2.24, 2.45) is 0 Å². The Hall–Kier alpha value is -2.71. The van der Waals surface area contributed by atoms with Crippen LogP contribution in [0.15, 0.2) is 53.4 Å². The number of esters is 1. The molecule has 3 rings (SSSR count). The van der Waals surface area contributed by atoms with E-state index in [-0.39, 0.29) is 17.2 Å². The van der Waals surface area contributed by atoms with Crippen LogP contribution in [-0.2, 0) is 37.2 Å². The van der Waals surface area contributed by atoms with Crippen LogP contribution >= 0.6 is 0 Å². The van der Waals surface area contributed by atoms with Gasteiger partial charge in [0.1, 0.15) is 6.04 Å². The van der Waals surface area contributed by atoms with Crippen LogP contribution in [0.4, 0.5) is 5.69 Å². The van der Waals surface area contributed by atoms with Crippen LogP contribution in [-0.4, -0.2) is 33.4 Å². The Bertz CT molecular complexity index is 957. The molecule has 1 aliphatic heterocycles. The average Bonchev–Trinajstić information content (AvgIpc) is 2.67. The van der Waals surface area contributed by atoms with E-state index in [0.29, 0.717) is 18.5 Å². The van der Waals surface area contributed by atoms with Crippen molar-refractivity contribution >= 4 is 27.6 Å². The van der Waals surface area contributed by atoms with E-state index < -0.39 is 22.0 Å². The Morgan fingerprint density at radius 3 is 2.63 bits per heavy atom. The third kappa shape index (κ3) is 4.53. The molecule has 0 aromatic heterocycles. The van der Waals surface area contributed by atoms with Crippen LogP contribution in [0.2, 0.25) is 0 Å². The Morgan fingerprint density at radius 1 is 1.19 bits per heavy atom. The predicted octanol–water partition coefficient (Wildman–Crippen LogP) is 1.63. The zero-order chi connectivity index (χ0) is 19.4. The molecule has 0 radical (unpaired) electrons. The highest BCUT2D eigenvalue weighted by Gasteiger charge is 2.27. The van der Waals surface area contributed by atoms with Gasteiger partial charge in [-0.1, -0.05) is 30.3 Å². The number of hydrogen-bond acceptors (Lipinski definition) is 5. The summed E-state index contributed by atoms with van der Waals surface area (Å²) >= 11 is 0. The molecule has 0 aliphatic carbocycles. The number of hydrogen-bond donors (Lipinski definition) is 2. The number of carbonyl (C=O) groups excluding carboxylic acids is 2. The van der Waals surface area contributed by atoms with Gasteiger partial charge in [0, 0.05) is 12.1 Å². The van der Waals surface area contributed by atoms with Crippen molar-refractivity contribution in [3.05, 3.63) is 59.7 Å². The van der Waals surface area contributed by atoms with Crippen molar-refractivity contribution in [3.8, 4) is 0 Å².